The van der Waals surface area contributed by atoms with Gasteiger partial charge in [0.2, 0.25) is 11.9 Å². The van der Waals surface area contributed by atoms with Gasteiger partial charge < -0.3 is 16.4 Å². The second-order valence-corrected chi connectivity index (χ2v) is 8.15. The zero-order valence-corrected chi connectivity index (χ0v) is 17.9. The standard InChI is InChI=1S/C21H24N8OS/c1-14-12-17(28-27-14)25-21-26-20(13-18-23-10-11-29(18)21)31-16-7-5-15(6-8-16)24-19(30)4-2-3-9-22/h5-8,10-13H,2-4,9,22H2,1H3,(H,24,30)(H2,25,26,27,28). The number of aryl methyl sites for hydroxylation is 1. The normalized spacial score (nSPS) is 11.0. The number of hydrogen-bond donors (Lipinski definition) is 4. The van der Waals surface area contributed by atoms with Gasteiger partial charge in [-0.15, -0.1) is 0 Å². The lowest BCUT2D eigenvalue weighted by molar-refractivity contribution is -0.116. The van der Waals surface area contributed by atoms with Gasteiger partial charge in [-0.3, -0.25) is 14.3 Å². The van der Waals surface area contributed by atoms with Crippen molar-refractivity contribution in [1.29, 1.82) is 0 Å². The predicted octanol–water partition coefficient (Wildman–Crippen LogP) is 3.72. The molecule has 4 rings (SSSR count). The quantitative estimate of drug-likeness (QED) is 0.233. The number of nitrogens with two attached hydrogens (primary N) is 1. The van der Waals surface area contributed by atoms with Crippen molar-refractivity contribution < 1.29 is 4.79 Å². The summed E-state index contributed by atoms with van der Waals surface area (Å²) in [7, 11) is 0. The fraction of sp³-hybridized carbons (Fsp3) is 0.238. The molecule has 0 aliphatic heterocycles. The Kier molecular flexibility index (Phi) is 6.48. The molecule has 31 heavy (non-hydrogen) atoms. The number of imidazole rings is 1. The minimum Gasteiger partial charge on any atom is -0.330 e. The van der Waals surface area contributed by atoms with E-state index in [0.29, 0.717) is 24.7 Å². The summed E-state index contributed by atoms with van der Waals surface area (Å²) in [5.74, 6) is 1.32. The number of unbranched alkanes of at least 4 members (excludes halogenated alkanes) is 1. The predicted molar refractivity (Wildman–Crippen MR) is 122 cm³/mol. The first-order valence-electron chi connectivity index (χ1n) is 10.0. The Labute approximate surface area is 183 Å². The van der Waals surface area contributed by atoms with Gasteiger partial charge in [-0.25, -0.2) is 9.97 Å². The topological polar surface area (TPSA) is 126 Å². The molecule has 1 aromatic carbocycles. The number of aromatic amines is 1. The molecule has 0 saturated carbocycles. The number of hydrogen-bond acceptors (Lipinski definition) is 7. The van der Waals surface area contributed by atoms with E-state index in [0.717, 1.165) is 39.8 Å². The second kappa shape index (κ2) is 9.63. The molecular weight excluding hydrogens is 412 g/mol. The molecule has 1 amide bonds. The van der Waals surface area contributed by atoms with Crippen molar-refractivity contribution in [2.75, 3.05) is 17.2 Å². The molecule has 0 unspecified atom stereocenters. The van der Waals surface area contributed by atoms with E-state index >= 15 is 0 Å². The number of fused-ring (bicyclic) bond motifs is 1. The Morgan fingerprint density at radius 3 is 2.81 bits per heavy atom. The van der Waals surface area contributed by atoms with Crippen LogP contribution in [0.4, 0.5) is 17.5 Å². The third-order valence-electron chi connectivity index (χ3n) is 4.53. The van der Waals surface area contributed by atoms with Crippen LogP contribution in [0.15, 0.2) is 58.7 Å². The van der Waals surface area contributed by atoms with E-state index in [1.54, 1.807) is 6.20 Å². The summed E-state index contributed by atoms with van der Waals surface area (Å²) >= 11 is 1.52. The highest BCUT2D eigenvalue weighted by Gasteiger charge is 2.10. The average Bonchev–Trinajstić information content (AvgIpc) is 3.38. The molecule has 0 spiro atoms. The van der Waals surface area contributed by atoms with Gasteiger partial charge in [0.05, 0.1) is 0 Å². The van der Waals surface area contributed by atoms with Gasteiger partial charge in [-0.1, -0.05) is 11.8 Å². The van der Waals surface area contributed by atoms with E-state index in [2.05, 4.69) is 25.8 Å². The fourth-order valence-electron chi connectivity index (χ4n) is 3.02. The number of aromatic nitrogens is 5. The van der Waals surface area contributed by atoms with Gasteiger partial charge >= 0.3 is 0 Å². The van der Waals surface area contributed by atoms with Crippen molar-refractivity contribution in [2.24, 2.45) is 5.73 Å². The fourth-order valence-corrected chi connectivity index (χ4v) is 3.83. The summed E-state index contributed by atoms with van der Waals surface area (Å²) < 4.78 is 1.87. The van der Waals surface area contributed by atoms with Crippen molar-refractivity contribution in [1.82, 2.24) is 24.6 Å². The molecule has 5 N–H and O–H groups in total. The summed E-state index contributed by atoms with van der Waals surface area (Å²) in [6.45, 7) is 2.55. The maximum Gasteiger partial charge on any atom is 0.224 e. The molecule has 10 heteroatoms. The van der Waals surface area contributed by atoms with Gasteiger partial charge in [0.15, 0.2) is 5.82 Å². The molecule has 0 saturated heterocycles. The number of nitrogens with one attached hydrogen (secondary N) is 3. The average molecular weight is 437 g/mol. The highest BCUT2D eigenvalue weighted by atomic mass is 32.2. The Bertz CT molecular complexity index is 1170. The van der Waals surface area contributed by atoms with E-state index < -0.39 is 0 Å². The third-order valence-corrected chi connectivity index (χ3v) is 5.46. The lowest BCUT2D eigenvalue weighted by Crippen LogP contribution is -2.11. The van der Waals surface area contributed by atoms with Gasteiger partial charge in [0.1, 0.15) is 10.7 Å². The van der Waals surface area contributed by atoms with Crippen LogP contribution in [-0.2, 0) is 4.79 Å². The van der Waals surface area contributed by atoms with E-state index in [1.807, 2.05) is 53.9 Å². The SMILES string of the molecule is Cc1cc(Nc2nc(Sc3ccc(NC(=O)CCCCN)cc3)cc3nccn23)n[nH]1. The smallest absolute Gasteiger partial charge is 0.224 e. The number of carbonyl (C=O) groups excluding carboxylic acids is 1. The first-order chi connectivity index (χ1) is 15.1. The summed E-state index contributed by atoms with van der Waals surface area (Å²) in [4.78, 5) is 22.1. The van der Waals surface area contributed by atoms with Crippen LogP contribution in [0.5, 0.6) is 0 Å². The third kappa shape index (κ3) is 5.41. The van der Waals surface area contributed by atoms with Gasteiger partial charge in [-0.2, -0.15) is 5.10 Å². The second-order valence-electron chi connectivity index (χ2n) is 7.06. The Hall–Kier alpha value is -3.37. The molecule has 160 valence electrons. The van der Waals surface area contributed by atoms with Crippen molar-refractivity contribution in [3.8, 4) is 0 Å². The molecule has 3 aromatic heterocycles. The Morgan fingerprint density at radius 1 is 1.23 bits per heavy atom. The molecule has 0 atom stereocenters. The molecule has 0 radical (unpaired) electrons. The lowest BCUT2D eigenvalue weighted by Gasteiger charge is -2.09. The van der Waals surface area contributed by atoms with Gasteiger partial charge in [0.25, 0.3) is 0 Å². The van der Waals surface area contributed by atoms with Crippen LogP contribution in [0.1, 0.15) is 25.0 Å². The maximum absolute atomic E-state index is 12.0. The molecule has 3 heterocycles. The van der Waals surface area contributed by atoms with Crippen molar-refractivity contribution >= 4 is 40.8 Å². The summed E-state index contributed by atoms with van der Waals surface area (Å²) in [6.07, 6.45) is 5.72. The van der Waals surface area contributed by atoms with Gasteiger partial charge in [0, 0.05) is 47.2 Å². The van der Waals surface area contributed by atoms with Crippen molar-refractivity contribution in [2.45, 2.75) is 36.1 Å². The molecule has 0 aliphatic rings. The number of rotatable bonds is 9. The van der Waals surface area contributed by atoms with Crippen LogP contribution in [0.3, 0.4) is 0 Å². The van der Waals surface area contributed by atoms with Crippen LogP contribution >= 0.6 is 11.8 Å². The monoisotopic (exact) mass is 436 g/mol. The van der Waals surface area contributed by atoms with Crippen LogP contribution in [0.25, 0.3) is 5.65 Å². The summed E-state index contributed by atoms with van der Waals surface area (Å²) in [5, 5.41) is 14.1. The van der Waals surface area contributed by atoms with Crippen molar-refractivity contribution in [3.63, 3.8) is 0 Å². The minimum atomic E-state index is 0.00426. The minimum absolute atomic E-state index is 0.00426. The number of anilines is 3. The molecular formula is C21H24N8OS. The van der Waals surface area contributed by atoms with Crippen LogP contribution in [0, 0.1) is 6.92 Å². The van der Waals surface area contributed by atoms with Crippen molar-refractivity contribution in [3.05, 3.63) is 54.5 Å². The molecule has 4 aromatic rings. The molecule has 0 aliphatic carbocycles. The first-order valence-corrected chi connectivity index (χ1v) is 10.8. The van der Waals surface area contributed by atoms with E-state index in [-0.39, 0.29) is 5.91 Å². The van der Waals surface area contributed by atoms with Gasteiger partial charge in [-0.05, 0) is 50.6 Å². The maximum atomic E-state index is 12.0. The first kappa shape index (κ1) is 20.9. The van der Waals surface area contributed by atoms with E-state index in [9.17, 15) is 4.79 Å². The number of carbonyl (C=O) groups is 1. The molecule has 0 bridgehead atoms. The Morgan fingerprint density at radius 2 is 2.06 bits per heavy atom. The summed E-state index contributed by atoms with van der Waals surface area (Å²) in [6, 6.07) is 11.5. The number of nitrogens with zero attached hydrogens (tertiary/aromatic N) is 4. The number of benzene rings is 1. The zero-order valence-electron chi connectivity index (χ0n) is 17.1. The van der Waals surface area contributed by atoms with Crippen LogP contribution in [0.2, 0.25) is 0 Å². The molecule has 0 fully saturated rings. The largest absolute Gasteiger partial charge is 0.330 e. The Balaban J connectivity index is 1.46. The van der Waals surface area contributed by atoms with Crippen LogP contribution in [-0.4, -0.2) is 37.0 Å². The molecule has 9 nitrogen and oxygen atoms in total. The summed E-state index contributed by atoms with van der Waals surface area (Å²) in [5.41, 5.74) is 7.99. The van der Waals surface area contributed by atoms with Crippen LogP contribution < -0.4 is 16.4 Å². The number of amides is 1. The highest BCUT2D eigenvalue weighted by Crippen LogP contribution is 2.29. The zero-order chi connectivity index (χ0) is 21.6. The van der Waals surface area contributed by atoms with E-state index in [1.165, 1.54) is 11.8 Å². The highest BCUT2D eigenvalue weighted by molar-refractivity contribution is 7.99. The lowest BCUT2D eigenvalue weighted by atomic mass is 10.2. The van der Waals surface area contributed by atoms with E-state index in [4.69, 9.17) is 10.7 Å². The number of H-pyrrole nitrogens is 1.